The maximum Gasteiger partial charge on any atom is 0.192 e. The van der Waals surface area contributed by atoms with Crippen molar-refractivity contribution in [2.45, 2.75) is 18.3 Å². The summed E-state index contributed by atoms with van der Waals surface area (Å²) in [5, 5.41) is 10.4. The van der Waals surface area contributed by atoms with Crippen LogP contribution in [0, 0.1) is 5.82 Å². The molecule has 9 heteroatoms. The second-order valence-corrected chi connectivity index (χ2v) is 8.10. The minimum Gasteiger partial charge on any atom is -0.483 e. The first-order valence-corrected chi connectivity index (χ1v) is 11.0. The molecule has 0 saturated heterocycles. The molecule has 0 fully saturated rings. The minimum absolute atomic E-state index is 0.125. The number of rotatable bonds is 9. The molecule has 2 heterocycles. The lowest BCUT2D eigenvalue weighted by atomic mass is 10.1. The Morgan fingerprint density at radius 3 is 2.78 bits per heavy atom. The number of Topliss-reactive ketones (excluding diaryl/α,β-unsaturated/α-hetero) is 1. The van der Waals surface area contributed by atoms with Crippen LogP contribution in [0.2, 0.25) is 5.02 Å². The van der Waals surface area contributed by atoms with E-state index in [4.69, 9.17) is 16.3 Å². The van der Waals surface area contributed by atoms with E-state index in [1.165, 1.54) is 36.0 Å². The van der Waals surface area contributed by atoms with Crippen LogP contribution in [-0.4, -0.2) is 31.3 Å². The fourth-order valence-electron chi connectivity index (χ4n) is 3.06. The van der Waals surface area contributed by atoms with Gasteiger partial charge in [-0.1, -0.05) is 29.4 Å². The molecule has 0 spiro atoms. The molecule has 0 atom stereocenters. The molecule has 0 saturated carbocycles. The summed E-state index contributed by atoms with van der Waals surface area (Å²) in [6.45, 7) is 4.39. The predicted octanol–water partition coefficient (Wildman–Crippen LogP) is 5.36. The maximum atomic E-state index is 13.1. The molecular formula is C23H18ClFN4O2S. The Morgan fingerprint density at radius 1 is 1.19 bits per heavy atom. The van der Waals surface area contributed by atoms with Crippen molar-refractivity contribution in [3.8, 4) is 5.75 Å². The van der Waals surface area contributed by atoms with Crippen molar-refractivity contribution in [2.75, 3.05) is 5.75 Å². The summed E-state index contributed by atoms with van der Waals surface area (Å²) in [6, 6.07) is 12.7. The standard InChI is InChI=1S/C23H18ClFN4O2S/c1-2-12-29-21(13-31-20-10-9-18(24)17-4-3-11-26-22(17)20)27-28-23(29)32-14-19(30)15-5-7-16(25)8-6-15/h2-11H,1,12-14H2. The summed E-state index contributed by atoms with van der Waals surface area (Å²) in [5.74, 6) is 0.806. The second-order valence-electron chi connectivity index (χ2n) is 6.75. The van der Waals surface area contributed by atoms with E-state index in [2.05, 4.69) is 21.8 Å². The van der Waals surface area contributed by atoms with E-state index < -0.39 is 0 Å². The smallest absolute Gasteiger partial charge is 0.192 e. The number of aromatic nitrogens is 4. The molecule has 2 aromatic carbocycles. The van der Waals surface area contributed by atoms with Crippen molar-refractivity contribution in [1.29, 1.82) is 0 Å². The monoisotopic (exact) mass is 468 g/mol. The Balaban J connectivity index is 1.48. The van der Waals surface area contributed by atoms with Crippen LogP contribution in [0.4, 0.5) is 4.39 Å². The zero-order chi connectivity index (χ0) is 22.5. The molecule has 162 valence electrons. The lowest BCUT2D eigenvalue weighted by molar-refractivity contribution is 0.102. The van der Waals surface area contributed by atoms with Gasteiger partial charge in [0, 0.05) is 23.7 Å². The van der Waals surface area contributed by atoms with E-state index in [9.17, 15) is 9.18 Å². The first-order chi connectivity index (χ1) is 15.6. The van der Waals surface area contributed by atoms with Gasteiger partial charge in [0.15, 0.2) is 16.8 Å². The molecule has 6 nitrogen and oxygen atoms in total. The van der Waals surface area contributed by atoms with E-state index in [1.54, 1.807) is 24.4 Å². The van der Waals surface area contributed by atoms with Crippen molar-refractivity contribution in [2.24, 2.45) is 0 Å². The van der Waals surface area contributed by atoms with Crippen LogP contribution in [0.3, 0.4) is 0 Å². The Labute approximate surface area is 193 Å². The van der Waals surface area contributed by atoms with Gasteiger partial charge in [-0.15, -0.1) is 16.8 Å². The van der Waals surface area contributed by atoms with Crippen LogP contribution < -0.4 is 4.74 Å². The van der Waals surface area contributed by atoms with Gasteiger partial charge in [-0.25, -0.2) is 4.39 Å². The summed E-state index contributed by atoms with van der Waals surface area (Å²) < 4.78 is 20.9. The molecule has 0 amide bonds. The number of hydrogen-bond donors (Lipinski definition) is 0. The molecule has 4 rings (SSSR count). The predicted molar refractivity (Wildman–Crippen MR) is 123 cm³/mol. The molecule has 0 aliphatic carbocycles. The highest BCUT2D eigenvalue weighted by Gasteiger charge is 2.16. The number of nitrogens with zero attached hydrogens (tertiary/aromatic N) is 4. The third kappa shape index (κ3) is 4.81. The minimum atomic E-state index is -0.381. The topological polar surface area (TPSA) is 69.9 Å². The highest BCUT2D eigenvalue weighted by Crippen LogP contribution is 2.30. The maximum absolute atomic E-state index is 13.1. The van der Waals surface area contributed by atoms with Crippen LogP contribution >= 0.6 is 23.4 Å². The number of hydrogen-bond acceptors (Lipinski definition) is 6. The van der Waals surface area contributed by atoms with Gasteiger partial charge >= 0.3 is 0 Å². The Hall–Kier alpha value is -3.23. The molecule has 4 aromatic rings. The number of carbonyl (C=O) groups excluding carboxylic acids is 1. The zero-order valence-electron chi connectivity index (χ0n) is 16.9. The average molecular weight is 469 g/mol. The summed E-state index contributed by atoms with van der Waals surface area (Å²) in [6.07, 6.45) is 3.40. The van der Waals surface area contributed by atoms with E-state index in [0.717, 1.165) is 5.39 Å². The summed E-state index contributed by atoms with van der Waals surface area (Å²) in [7, 11) is 0. The summed E-state index contributed by atoms with van der Waals surface area (Å²) in [5.41, 5.74) is 1.11. The zero-order valence-corrected chi connectivity index (χ0v) is 18.4. The molecule has 0 aliphatic heterocycles. The number of ether oxygens (including phenoxy) is 1. The number of benzene rings is 2. The Kier molecular flexibility index (Phi) is 6.82. The number of fused-ring (bicyclic) bond motifs is 1. The van der Waals surface area contributed by atoms with Gasteiger partial charge in [0.1, 0.15) is 23.7 Å². The fraction of sp³-hybridized carbons (Fsp3) is 0.130. The third-order valence-corrected chi connectivity index (χ3v) is 5.94. The quantitative estimate of drug-likeness (QED) is 0.187. The van der Waals surface area contributed by atoms with Crippen molar-refractivity contribution in [1.82, 2.24) is 19.7 Å². The molecule has 0 bridgehead atoms. The van der Waals surface area contributed by atoms with E-state index in [-0.39, 0.29) is 24.0 Å². The van der Waals surface area contributed by atoms with Crippen LogP contribution in [0.1, 0.15) is 16.2 Å². The average Bonchev–Trinajstić information content (AvgIpc) is 3.19. The Bertz CT molecular complexity index is 1280. The SMILES string of the molecule is C=CCn1c(COc2ccc(Cl)c3cccnc23)nnc1SCC(=O)c1ccc(F)cc1. The first kappa shape index (κ1) is 22.0. The third-order valence-electron chi connectivity index (χ3n) is 4.64. The number of halogens is 2. The molecule has 32 heavy (non-hydrogen) atoms. The Morgan fingerprint density at radius 2 is 2.00 bits per heavy atom. The number of ketones is 1. The number of carbonyl (C=O) groups is 1. The van der Waals surface area contributed by atoms with E-state index in [1.807, 2.05) is 16.7 Å². The van der Waals surface area contributed by atoms with Gasteiger partial charge in [-0.05, 0) is 48.5 Å². The number of pyridine rings is 1. The van der Waals surface area contributed by atoms with Gasteiger partial charge in [0.25, 0.3) is 0 Å². The largest absolute Gasteiger partial charge is 0.483 e. The normalized spacial score (nSPS) is 10.9. The van der Waals surface area contributed by atoms with Gasteiger partial charge in [0.05, 0.1) is 10.8 Å². The van der Waals surface area contributed by atoms with Crippen molar-refractivity contribution >= 4 is 40.0 Å². The van der Waals surface area contributed by atoms with E-state index >= 15 is 0 Å². The van der Waals surface area contributed by atoms with E-state index in [0.29, 0.717) is 39.4 Å². The molecule has 0 aliphatic rings. The van der Waals surface area contributed by atoms with Crippen molar-refractivity contribution in [3.05, 3.63) is 89.6 Å². The van der Waals surface area contributed by atoms with Crippen LogP contribution in [0.15, 0.2) is 72.5 Å². The first-order valence-electron chi connectivity index (χ1n) is 9.67. The molecular weight excluding hydrogens is 451 g/mol. The van der Waals surface area contributed by atoms with Gasteiger partial charge < -0.3 is 4.74 Å². The highest BCUT2D eigenvalue weighted by molar-refractivity contribution is 7.99. The number of allylic oxidation sites excluding steroid dienone is 1. The molecule has 0 unspecified atom stereocenters. The van der Waals surface area contributed by atoms with Crippen molar-refractivity contribution < 1.29 is 13.9 Å². The van der Waals surface area contributed by atoms with Gasteiger partial charge in [-0.3, -0.25) is 14.3 Å². The number of thioether (sulfide) groups is 1. The van der Waals surface area contributed by atoms with Crippen LogP contribution in [-0.2, 0) is 13.2 Å². The van der Waals surface area contributed by atoms with Crippen LogP contribution in [0.5, 0.6) is 5.75 Å². The lowest BCUT2D eigenvalue weighted by Crippen LogP contribution is -2.09. The lowest BCUT2D eigenvalue weighted by Gasteiger charge is -2.11. The molecule has 2 aromatic heterocycles. The summed E-state index contributed by atoms with van der Waals surface area (Å²) in [4.78, 5) is 16.8. The molecule has 0 radical (unpaired) electrons. The molecule has 0 N–H and O–H groups in total. The second kappa shape index (κ2) is 9.93. The van der Waals surface area contributed by atoms with Gasteiger partial charge in [0.2, 0.25) is 0 Å². The van der Waals surface area contributed by atoms with Crippen LogP contribution in [0.25, 0.3) is 10.9 Å². The van der Waals surface area contributed by atoms with Gasteiger partial charge in [-0.2, -0.15) is 0 Å². The summed E-state index contributed by atoms with van der Waals surface area (Å²) >= 11 is 7.50. The highest BCUT2D eigenvalue weighted by atomic mass is 35.5. The van der Waals surface area contributed by atoms with Crippen molar-refractivity contribution in [3.63, 3.8) is 0 Å². The fourth-order valence-corrected chi connectivity index (χ4v) is 4.14.